The van der Waals surface area contributed by atoms with Gasteiger partial charge in [-0.3, -0.25) is 9.59 Å². The molecule has 2 aliphatic rings. The molecule has 4 unspecified atom stereocenters. The Labute approximate surface area is 239 Å². The molecule has 0 aliphatic heterocycles. The van der Waals surface area contributed by atoms with E-state index in [1.807, 2.05) is 18.2 Å². The van der Waals surface area contributed by atoms with Crippen LogP contribution in [0.3, 0.4) is 0 Å². The van der Waals surface area contributed by atoms with Crippen molar-refractivity contribution in [2.45, 2.75) is 84.6 Å². The van der Waals surface area contributed by atoms with Crippen LogP contribution in [0.4, 0.5) is 0 Å². The predicted octanol–water partition coefficient (Wildman–Crippen LogP) is 7.68. The van der Waals surface area contributed by atoms with Gasteiger partial charge in [0.15, 0.2) is 0 Å². The van der Waals surface area contributed by atoms with Crippen molar-refractivity contribution in [2.24, 2.45) is 17.3 Å². The Bertz CT molecular complexity index is 1310. The second-order valence-corrected chi connectivity index (χ2v) is 12.3. The molecular formula is C34H46N4O2. The number of carbonyl (C=O) groups excluding carboxylic acids is 2. The number of allylic oxidation sites excluding steroid dienone is 1. The third kappa shape index (κ3) is 7.48. The van der Waals surface area contributed by atoms with Gasteiger partial charge in [0.25, 0.3) is 5.91 Å². The average Bonchev–Trinajstić information content (AvgIpc) is 3.56. The number of nitrogens with one attached hydrogen (secondary N) is 3. The molecule has 2 aliphatic carbocycles. The fraction of sp³-hybridized carbons (Fsp3) is 0.500. The summed E-state index contributed by atoms with van der Waals surface area (Å²) in [6.45, 7) is 11.0. The van der Waals surface area contributed by atoms with Gasteiger partial charge < -0.3 is 15.6 Å². The fourth-order valence-corrected chi connectivity index (χ4v) is 6.52. The summed E-state index contributed by atoms with van der Waals surface area (Å²) in [6.07, 6.45) is 12.2. The summed E-state index contributed by atoms with van der Waals surface area (Å²) in [7, 11) is 2.08. The molecule has 0 radical (unpaired) electrons. The summed E-state index contributed by atoms with van der Waals surface area (Å²) in [4.78, 5) is 31.5. The molecule has 1 amide bonds. The molecule has 2 saturated carbocycles. The first-order valence-electron chi connectivity index (χ1n) is 15.0. The minimum absolute atomic E-state index is 0.134. The van der Waals surface area contributed by atoms with Crippen LogP contribution in [0.2, 0.25) is 0 Å². The van der Waals surface area contributed by atoms with Crippen LogP contribution >= 0.6 is 0 Å². The van der Waals surface area contributed by atoms with Crippen molar-refractivity contribution in [3.05, 3.63) is 65.9 Å². The van der Waals surface area contributed by atoms with Crippen molar-refractivity contribution in [2.75, 3.05) is 7.05 Å². The minimum Gasteiger partial charge on any atom is -0.338 e. The third-order valence-corrected chi connectivity index (χ3v) is 8.99. The molecule has 2 aromatic carbocycles. The number of hydrogen-bond donors (Lipinski definition) is 3. The lowest BCUT2D eigenvalue weighted by Crippen LogP contribution is -2.34. The zero-order valence-electron chi connectivity index (χ0n) is 24.7. The molecule has 0 spiro atoms. The molecule has 0 saturated heterocycles. The molecule has 5 rings (SSSR count). The van der Waals surface area contributed by atoms with Gasteiger partial charge in [0.05, 0.1) is 11.0 Å². The number of carbonyl (C=O) groups is 2. The summed E-state index contributed by atoms with van der Waals surface area (Å²) in [5, 5.41) is 6.34. The zero-order chi connectivity index (χ0) is 28.7. The van der Waals surface area contributed by atoms with Crippen LogP contribution in [-0.2, 0) is 0 Å². The van der Waals surface area contributed by atoms with Crippen molar-refractivity contribution in [1.82, 2.24) is 20.6 Å². The van der Waals surface area contributed by atoms with E-state index in [1.54, 1.807) is 24.3 Å². The smallest absolute Gasteiger partial charge is 0.255 e. The molecule has 0 bridgehead atoms. The Kier molecular flexibility index (Phi) is 9.96. The normalized spacial score (nSPS) is 24.2. The van der Waals surface area contributed by atoms with Crippen LogP contribution in [-0.4, -0.2) is 35.3 Å². The highest BCUT2D eigenvalue weighted by atomic mass is 16.1. The number of fused-ring (bicyclic) bond motifs is 1. The molecule has 1 aromatic heterocycles. The van der Waals surface area contributed by atoms with Crippen molar-refractivity contribution in [3.63, 3.8) is 0 Å². The first-order chi connectivity index (χ1) is 19.2. The highest BCUT2D eigenvalue weighted by Gasteiger charge is 2.34. The quantitative estimate of drug-likeness (QED) is 0.255. The maximum atomic E-state index is 12.7. The van der Waals surface area contributed by atoms with E-state index in [1.165, 1.54) is 51.4 Å². The summed E-state index contributed by atoms with van der Waals surface area (Å²) in [5.74, 6) is 2.27. The van der Waals surface area contributed by atoms with Gasteiger partial charge in [-0.05, 0) is 93.2 Å². The molecule has 6 heteroatoms. The van der Waals surface area contributed by atoms with Gasteiger partial charge in [0, 0.05) is 28.4 Å². The molecule has 1 heterocycles. The van der Waals surface area contributed by atoms with Crippen LogP contribution in [0.5, 0.6) is 0 Å². The van der Waals surface area contributed by atoms with E-state index in [0.29, 0.717) is 17.0 Å². The number of rotatable bonds is 8. The maximum Gasteiger partial charge on any atom is 0.255 e. The monoisotopic (exact) mass is 542 g/mol. The van der Waals surface area contributed by atoms with Crippen LogP contribution in [0.1, 0.15) is 99.3 Å². The van der Waals surface area contributed by atoms with Gasteiger partial charge in [0.2, 0.25) is 0 Å². The number of amides is 1. The van der Waals surface area contributed by atoms with Crippen LogP contribution in [0, 0.1) is 17.3 Å². The van der Waals surface area contributed by atoms with Crippen LogP contribution < -0.4 is 10.6 Å². The lowest BCUT2D eigenvalue weighted by molar-refractivity contribution is 0.0961. The van der Waals surface area contributed by atoms with Gasteiger partial charge in [-0.25, -0.2) is 4.98 Å². The number of hydrogen-bond acceptors (Lipinski definition) is 4. The Balaban J connectivity index is 0.000000350. The molecule has 6 nitrogen and oxygen atoms in total. The molecular weight excluding hydrogens is 496 g/mol. The van der Waals surface area contributed by atoms with Crippen LogP contribution in [0.25, 0.3) is 22.4 Å². The molecule has 3 aromatic rings. The summed E-state index contributed by atoms with van der Waals surface area (Å²) in [6, 6.07) is 13.5. The highest BCUT2D eigenvalue weighted by Crippen LogP contribution is 2.46. The molecule has 214 valence electrons. The van der Waals surface area contributed by atoms with Gasteiger partial charge in [-0.1, -0.05) is 58.7 Å². The second kappa shape index (κ2) is 13.4. The predicted molar refractivity (Wildman–Crippen MR) is 164 cm³/mol. The molecule has 3 N–H and O–H groups in total. The average molecular weight is 543 g/mol. The number of H-pyrrole nitrogens is 1. The van der Waals surface area contributed by atoms with Gasteiger partial charge in [-0.2, -0.15) is 0 Å². The van der Waals surface area contributed by atoms with E-state index < -0.39 is 0 Å². The van der Waals surface area contributed by atoms with Crippen molar-refractivity contribution in [3.8, 4) is 11.4 Å². The number of benzene rings is 2. The molecule has 40 heavy (non-hydrogen) atoms. The summed E-state index contributed by atoms with van der Waals surface area (Å²) in [5.41, 5.74) is 4.70. The molecule has 2 fully saturated rings. The summed E-state index contributed by atoms with van der Waals surface area (Å²) >= 11 is 0. The Morgan fingerprint density at radius 1 is 1.15 bits per heavy atom. The Hall–Kier alpha value is -3.25. The highest BCUT2D eigenvalue weighted by molar-refractivity contribution is 5.95. The molecule has 4 atom stereocenters. The van der Waals surface area contributed by atoms with Crippen molar-refractivity contribution >= 4 is 23.2 Å². The lowest BCUT2D eigenvalue weighted by Gasteiger charge is -2.27. The maximum absolute atomic E-state index is 12.7. The first-order valence-corrected chi connectivity index (χ1v) is 15.0. The SMILES string of the molecule is C=C(CC1(C)CCC(CC)C1)NC(=O)c1ccc(-c2nc3ccc(C=O)cc3[nH]2)cc1.CNC1CCCCC1C. The largest absolute Gasteiger partial charge is 0.338 e. The third-order valence-electron chi connectivity index (χ3n) is 8.99. The van der Waals surface area contributed by atoms with Gasteiger partial charge >= 0.3 is 0 Å². The zero-order valence-corrected chi connectivity index (χ0v) is 24.7. The standard InChI is InChI=1S/C26H29N3O2.C8H17N/c1-4-18-11-12-26(3,15-18)14-17(2)27-25(31)21-8-6-20(7-9-21)24-28-22-10-5-19(16-30)13-23(22)29-24;1-7-5-3-4-6-8(7)9-2/h5-10,13,16,18H,2,4,11-12,14-15H2,1,3H3,(H,27,31)(H,28,29);7-9H,3-6H2,1-2H3. The number of aldehydes is 1. The van der Waals surface area contributed by atoms with Crippen molar-refractivity contribution in [1.29, 1.82) is 0 Å². The van der Waals surface area contributed by atoms with E-state index in [4.69, 9.17) is 0 Å². The number of imidazole rings is 1. The van der Waals surface area contributed by atoms with Crippen LogP contribution in [0.15, 0.2) is 54.7 Å². The Morgan fingerprint density at radius 3 is 2.52 bits per heavy atom. The Morgan fingerprint density at radius 2 is 1.90 bits per heavy atom. The summed E-state index contributed by atoms with van der Waals surface area (Å²) < 4.78 is 0. The minimum atomic E-state index is -0.134. The topological polar surface area (TPSA) is 86.9 Å². The second-order valence-electron chi connectivity index (χ2n) is 12.3. The first kappa shape index (κ1) is 29.7. The lowest BCUT2D eigenvalue weighted by atomic mass is 9.83. The van der Waals surface area contributed by atoms with Gasteiger partial charge in [-0.15, -0.1) is 0 Å². The van der Waals surface area contributed by atoms with E-state index in [-0.39, 0.29) is 11.3 Å². The van der Waals surface area contributed by atoms with E-state index in [0.717, 1.165) is 52.9 Å². The van der Waals surface area contributed by atoms with Crippen molar-refractivity contribution < 1.29 is 9.59 Å². The van der Waals surface area contributed by atoms with E-state index in [9.17, 15) is 9.59 Å². The van der Waals surface area contributed by atoms with E-state index in [2.05, 4.69) is 55.0 Å². The number of nitrogens with zero attached hydrogens (tertiary/aromatic N) is 1. The fourth-order valence-electron chi connectivity index (χ4n) is 6.52. The number of aromatic nitrogens is 2. The van der Waals surface area contributed by atoms with E-state index >= 15 is 0 Å². The van der Waals surface area contributed by atoms with Gasteiger partial charge in [0.1, 0.15) is 12.1 Å². The number of aromatic amines is 1.